The number of benzene rings is 1. The van der Waals surface area contributed by atoms with E-state index in [-0.39, 0.29) is 25.2 Å². The van der Waals surface area contributed by atoms with Gasteiger partial charge >= 0.3 is 5.97 Å². The zero-order chi connectivity index (χ0) is 17.6. The Morgan fingerprint density at radius 1 is 1.16 bits per heavy atom. The lowest BCUT2D eigenvalue weighted by molar-refractivity contribution is -0.145. The number of ether oxygens (including phenoxy) is 2. The van der Waals surface area contributed by atoms with E-state index in [1.807, 2.05) is 30.3 Å². The summed E-state index contributed by atoms with van der Waals surface area (Å²) in [6, 6.07) is 14.1. The average Bonchev–Trinajstić information content (AvgIpc) is 2.61. The van der Waals surface area contributed by atoms with Crippen molar-refractivity contribution in [2.45, 2.75) is 13.0 Å². The molecule has 2 heterocycles. The first-order valence-corrected chi connectivity index (χ1v) is 8.42. The molecule has 0 aliphatic carbocycles. The van der Waals surface area contributed by atoms with Crippen molar-refractivity contribution in [1.29, 1.82) is 0 Å². The SMILES string of the molecule is O=C(CCOc1ccccc1)OCc1cc(=O)n2cc(Br)ccc2n1. The smallest absolute Gasteiger partial charge is 0.309 e. The molecule has 6 nitrogen and oxygen atoms in total. The van der Waals surface area contributed by atoms with Crippen LogP contribution in [0.3, 0.4) is 0 Å². The predicted molar refractivity (Wildman–Crippen MR) is 95.5 cm³/mol. The Morgan fingerprint density at radius 2 is 1.96 bits per heavy atom. The van der Waals surface area contributed by atoms with Crippen LogP contribution in [-0.2, 0) is 16.1 Å². The summed E-state index contributed by atoms with van der Waals surface area (Å²) in [5.41, 5.74) is 0.670. The summed E-state index contributed by atoms with van der Waals surface area (Å²) in [6.07, 6.45) is 1.76. The minimum absolute atomic E-state index is 0.0496. The Hall–Kier alpha value is -2.67. The molecule has 3 aromatic rings. The third-order valence-electron chi connectivity index (χ3n) is 3.38. The Kier molecular flexibility index (Phi) is 5.45. The second-order valence-electron chi connectivity index (χ2n) is 5.23. The molecule has 0 radical (unpaired) electrons. The van der Waals surface area contributed by atoms with Crippen LogP contribution in [0.1, 0.15) is 12.1 Å². The van der Waals surface area contributed by atoms with Crippen molar-refractivity contribution in [3.05, 3.63) is 75.2 Å². The van der Waals surface area contributed by atoms with Crippen molar-refractivity contribution in [2.75, 3.05) is 6.61 Å². The van der Waals surface area contributed by atoms with E-state index in [4.69, 9.17) is 9.47 Å². The third-order valence-corrected chi connectivity index (χ3v) is 3.84. The number of hydrogen-bond donors (Lipinski definition) is 0. The van der Waals surface area contributed by atoms with Gasteiger partial charge in [-0.1, -0.05) is 18.2 Å². The molecule has 0 amide bonds. The molecule has 0 N–H and O–H groups in total. The fourth-order valence-electron chi connectivity index (χ4n) is 2.20. The number of rotatable bonds is 6. The molecular formula is C18H15BrN2O4. The van der Waals surface area contributed by atoms with Crippen molar-refractivity contribution in [3.8, 4) is 5.75 Å². The number of carbonyl (C=O) groups is 1. The number of pyridine rings is 1. The van der Waals surface area contributed by atoms with Crippen LogP contribution in [0.25, 0.3) is 5.65 Å². The number of halogens is 1. The number of esters is 1. The summed E-state index contributed by atoms with van der Waals surface area (Å²) in [5, 5.41) is 0. The van der Waals surface area contributed by atoms with Gasteiger partial charge in [0.15, 0.2) is 0 Å². The molecule has 0 aliphatic heterocycles. The highest BCUT2D eigenvalue weighted by atomic mass is 79.9. The maximum atomic E-state index is 12.1. The van der Waals surface area contributed by atoms with Crippen molar-refractivity contribution in [1.82, 2.24) is 9.38 Å². The third kappa shape index (κ3) is 4.67. The lowest BCUT2D eigenvalue weighted by atomic mass is 10.3. The zero-order valence-electron chi connectivity index (χ0n) is 13.2. The van der Waals surface area contributed by atoms with Gasteiger partial charge < -0.3 is 9.47 Å². The van der Waals surface area contributed by atoms with E-state index in [0.717, 1.165) is 4.47 Å². The van der Waals surface area contributed by atoms with Crippen LogP contribution >= 0.6 is 15.9 Å². The van der Waals surface area contributed by atoms with Gasteiger partial charge in [-0.25, -0.2) is 4.98 Å². The molecule has 0 fully saturated rings. The van der Waals surface area contributed by atoms with E-state index in [1.165, 1.54) is 10.5 Å². The van der Waals surface area contributed by atoms with Crippen LogP contribution in [0.5, 0.6) is 5.75 Å². The number of fused-ring (bicyclic) bond motifs is 1. The van der Waals surface area contributed by atoms with Crippen molar-refractivity contribution in [3.63, 3.8) is 0 Å². The molecule has 2 aromatic heterocycles. The highest BCUT2D eigenvalue weighted by molar-refractivity contribution is 9.10. The molecule has 25 heavy (non-hydrogen) atoms. The van der Waals surface area contributed by atoms with Crippen LogP contribution in [-0.4, -0.2) is 22.0 Å². The number of nitrogens with zero attached hydrogens (tertiary/aromatic N) is 2. The quantitative estimate of drug-likeness (QED) is 0.592. The fraction of sp³-hybridized carbons (Fsp3) is 0.167. The number of para-hydroxylation sites is 1. The molecule has 1 aromatic carbocycles. The molecule has 7 heteroatoms. The van der Waals surface area contributed by atoms with Gasteiger partial charge in [0.05, 0.1) is 18.7 Å². The predicted octanol–water partition coefficient (Wildman–Crippen LogP) is 2.97. The fourth-order valence-corrected chi connectivity index (χ4v) is 2.53. The highest BCUT2D eigenvalue weighted by Gasteiger charge is 2.07. The normalized spacial score (nSPS) is 10.6. The van der Waals surface area contributed by atoms with E-state index in [2.05, 4.69) is 20.9 Å². The maximum Gasteiger partial charge on any atom is 0.309 e. The Labute approximate surface area is 152 Å². The van der Waals surface area contributed by atoms with Crippen LogP contribution in [0.15, 0.2) is 64.0 Å². The van der Waals surface area contributed by atoms with E-state index in [0.29, 0.717) is 17.1 Å². The largest absolute Gasteiger partial charge is 0.493 e. The van der Waals surface area contributed by atoms with E-state index in [1.54, 1.807) is 18.3 Å². The van der Waals surface area contributed by atoms with Gasteiger partial charge in [-0.3, -0.25) is 14.0 Å². The minimum Gasteiger partial charge on any atom is -0.493 e. The first kappa shape index (κ1) is 17.2. The molecule has 0 spiro atoms. The summed E-state index contributed by atoms with van der Waals surface area (Å²) in [4.78, 5) is 28.2. The molecular weight excluding hydrogens is 388 g/mol. The molecule has 3 rings (SSSR count). The van der Waals surface area contributed by atoms with Crippen molar-refractivity contribution >= 4 is 27.5 Å². The van der Waals surface area contributed by atoms with Crippen molar-refractivity contribution in [2.24, 2.45) is 0 Å². The van der Waals surface area contributed by atoms with E-state index < -0.39 is 5.97 Å². The molecule has 0 unspecified atom stereocenters. The second-order valence-corrected chi connectivity index (χ2v) is 6.15. The van der Waals surface area contributed by atoms with Gasteiger partial charge in [0.25, 0.3) is 5.56 Å². The maximum absolute atomic E-state index is 12.1. The molecule has 0 saturated heterocycles. The summed E-state index contributed by atoms with van der Waals surface area (Å²) in [6.45, 7) is 0.177. The van der Waals surface area contributed by atoms with E-state index >= 15 is 0 Å². The summed E-state index contributed by atoms with van der Waals surface area (Å²) >= 11 is 3.31. The minimum atomic E-state index is -0.409. The lowest BCUT2D eigenvalue weighted by Gasteiger charge is -2.07. The Bertz CT molecular complexity index is 941. The van der Waals surface area contributed by atoms with Gasteiger partial charge in [0.1, 0.15) is 18.0 Å². The standard InChI is InChI=1S/C18H15BrN2O4/c19-13-6-7-16-20-14(10-17(22)21(16)11-13)12-25-18(23)8-9-24-15-4-2-1-3-5-15/h1-7,10-11H,8-9,12H2. The first-order chi connectivity index (χ1) is 12.1. The van der Waals surface area contributed by atoms with Crippen molar-refractivity contribution < 1.29 is 14.3 Å². The van der Waals surface area contributed by atoms with Gasteiger partial charge in [-0.15, -0.1) is 0 Å². The number of hydrogen-bond acceptors (Lipinski definition) is 5. The van der Waals surface area contributed by atoms with E-state index in [9.17, 15) is 9.59 Å². The van der Waals surface area contributed by atoms with Gasteiger partial charge in [-0.2, -0.15) is 0 Å². The summed E-state index contributed by atoms with van der Waals surface area (Å²) in [7, 11) is 0. The molecule has 0 bridgehead atoms. The second kappa shape index (κ2) is 7.94. The monoisotopic (exact) mass is 402 g/mol. The highest BCUT2D eigenvalue weighted by Crippen LogP contribution is 2.10. The van der Waals surface area contributed by atoms with Crippen LogP contribution in [0.4, 0.5) is 0 Å². The summed E-state index contributed by atoms with van der Waals surface area (Å²) < 4.78 is 12.8. The van der Waals surface area contributed by atoms with Crippen LogP contribution < -0.4 is 10.3 Å². The summed E-state index contributed by atoms with van der Waals surface area (Å²) in [5.74, 6) is 0.291. The molecule has 0 atom stereocenters. The number of aromatic nitrogens is 2. The average molecular weight is 403 g/mol. The Morgan fingerprint density at radius 3 is 2.76 bits per heavy atom. The van der Waals surface area contributed by atoms with Gasteiger partial charge in [0, 0.05) is 16.7 Å². The van der Waals surface area contributed by atoms with Crippen LogP contribution in [0.2, 0.25) is 0 Å². The molecule has 0 saturated carbocycles. The van der Waals surface area contributed by atoms with Gasteiger partial charge in [0.2, 0.25) is 0 Å². The first-order valence-electron chi connectivity index (χ1n) is 7.63. The van der Waals surface area contributed by atoms with Gasteiger partial charge in [-0.05, 0) is 40.2 Å². The molecule has 0 aliphatic rings. The molecule has 128 valence electrons. The lowest BCUT2D eigenvalue weighted by Crippen LogP contribution is -2.17. The topological polar surface area (TPSA) is 69.9 Å². The van der Waals surface area contributed by atoms with Crippen LogP contribution in [0, 0.1) is 0 Å². The number of carbonyl (C=O) groups excluding carboxylic acids is 1. The zero-order valence-corrected chi connectivity index (χ0v) is 14.8. The Balaban J connectivity index is 1.54.